The van der Waals surface area contributed by atoms with Gasteiger partial charge < -0.3 is 30.2 Å². The fourth-order valence-electron chi connectivity index (χ4n) is 4.01. The Morgan fingerprint density at radius 2 is 0.513 bits per heavy atom. The van der Waals surface area contributed by atoms with Gasteiger partial charge in [-0.25, -0.2) is 0 Å². The molecule has 0 atom stereocenters. The third-order valence-corrected chi connectivity index (χ3v) is 5.94. The molecule has 0 aliphatic carbocycles. The molecule has 0 fully saturated rings. The molecular formula is C32H40N6Ni. The minimum Gasteiger partial charge on any atom is -0.655 e. The van der Waals surface area contributed by atoms with E-state index < -0.39 is 0 Å². The molecule has 0 aliphatic heterocycles. The summed E-state index contributed by atoms with van der Waals surface area (Å²) in [7, 11) is 16.3. The molecule has 0 N–H and O–H groups in total. The van der Waals surface area contributed by atoms with Gasteiger partial charge in [0.25, 0.3) is 0 Å². The standard InChI is InChI=1S/2C16H20N3.Ni/c2*1-18(2)15-11-7-5-9-13(15)17-14-10-6-8-12-16(14)19(3)4;/h2*5-12H,1-4H3;/q2*-1;+2. The van der Waals surface area contributed by atoms with Gasteiger partial charge in [0.15, 0.2) is 0 Å². The van der Waals surface area contributed by atoms with Crippen LogP contribution in [0.2, 0.25) is 0 Å². The first-order valence-corrected chi connectivity index (χ1v) is 12.7. The van der Waals surface area contributed by atoms with Crippen LogP contribution in [-0.4, -0.2) is 56.4 Å². The average Bonchev–Trinajstić information content (AvgIpc) is 2.90. The molecule has 0 unspecified atom stereocenters. The van der Waals surface area contributed by atoms with Crippen molar-refractivity contribution in [3.05, 3.63) is 108 Å². The maximum Gasteiger partial charge on any atom is 2.00 e. The van der Waals surface area contributed by atoms with Gasteiger partial charge in [0.1, 0.15) is 0 Å². The van der Waals surface area contributed by atoms with Gasteiger partial charge in [0.2, 0.25) is 0 Å². The van der Waals surface area contributed by atoms with Gasteiger partial charge in [-0.3, -0.25) is 0 Å². The largest absolute Gasteiger partial charge is 2.00 e. The van der Waals surface area contributed by atoms with E-state index >= 15 is 0 Å². The molecule has 0 saturated heterocycles. The zero-order chi connectivity index (χ0) is 27.7. The zero-order valence-electron chi connectivity index (χ0n) is 24.2. The molecule has 7 heteroatoms. The summed E-state index contributed by atoms with van der Waals surface area (Å²) in [5, 5.41) is 9.60. The number of hydrogen-bond acceptors (Lipinski definition) is 4. The zero-order valence-corrected chi connectivity index (χ0v) is 25.2. The summed E-state index contributed by atoms with van der Waals surface area (Å²) in [6.07, 6.45) is 0. The van der Waals surface area contributed by atoms with Crippen LogP contribution in [-0.2, 0) is 16.5 Å². The Bertz CT molecular complexity index is 1100. The van der Waals surface area contributed by atoms with Crippen molar-refractivity contribution in [1.29, 1.82) is 0 Å². The second-order valence-electron chi connectivity index (χ2n) is 9.76. The van der Waals surface area contributed by atoms with Crippen molar-refractivity contribution >= 4 is 45.5 Å². The van der Waals surface area contributed by atoms with Crippen molar-refractivity contribution in [3.8, 4) is 0 Å². The Balaban J connectivity index is 0.000000267. The smallest absolute Gasteiger partial charge is 0.655 e. The molecule has 208 valence electrons. The van der Waals surface area contributed by atoms with Gasteiger partial charge in [0.05, 0.1) is 0 Å². The van der Waals surface area contributed by atoms with Gasteiger partial charge in [-0.1, -0.05) is 72.8 Å². The molecule has 0 bridgehead atoms. The van der Waals surface area contributed by atoms with Crippen LogP contribution in [0.3, 0.4) is 0 Å². The third kappa shape index (κ3) is 8.59. The second kappa shape index (κ2) is 14.9. The van der Waals surface area contributed by atoms with Crippen molar-refractivity contribution in [2.45, 2.75) is 0 Å². The Morgan fingerprint density at radius 3 is 0.692 bits per heavy atom. The maximum atomic E-state index is 4.80. The topological polar surface area (TPSA) is 41.2 Å². The van der Waals surface area contributed by atoms with Crippen LogP contribution >= 0.6 is 0 Å². The Hall–Kier alpha value is -3.83. The number of anilines is 4. The molecule has 6 nitrogen and oxygen atoms in total. The van der Waals surface area contributed by atoms with Crippen molar-refractivity contribution in [2.75, 3.05) is 76.0 Å². The summed E-state index contributed by atoms with van der Waals surface area (Å²) in [6.45, 7) is 0. The van der Waals surface area contributed by atoms with E-state index in [1.165, 1.54) is 0 Å². The molecular weight excluding hydrogens is 527 g/mol. The quantitative estimate of drug-likeness (QED) is 0.201. The number of para-hydroxylation sites is 8. The molecule has 4 rings (SSSR count). The van der Waals surface area contributed by atoms with Crippen LogP contribution in [0.25, 0.3) is 10.6 Å². The molecule has 0 heterocycles. The van der Waals surface area contributed by atoms with Crippen LogP contribution in [0.5, 0.6) is 0 Å². The Labute approximate surface area is 245 Å². The monoisotopic (exact) mass is 566 g/mol. The predicted octanol–water partition coefficient (Wildman–Crippen LogP) is 8.31. The minimum atomic E-state index is 0. The van der Waals surface area contributed by atoms with Crippen molar-refractivity contribution in [3.63, 3.8) is 0 Å². The van der Waals surface area contributed by atoms with Gasteiger partial charge >= 0.3 is 16.5 Å². The van der Waals surface area contributed by atoms with Crippen LogP contribution in [0, 0.1) is 0 Å². The fourth-order valence-corrected chi connectivity index (χ4v) is 4.01. The first kappa shape index (κ1) is 31.4. The summed E-state index contributed by atoms with van der Waals surface area (Å²) in [5.74, 6) is 0. The van der Waals surface area contributed by atoms with E-state index in [1.54, 1.807) is 0 Å². The molecule has 39 heavy (non-hydrogen) atoms. The van der Waals surface area contributed by atoms with E-state index in [-0.39, 0.29) is 16.5 Å². The van der Waals surface area contributed by atoms with Crippen molar-refractivity contribution < 1.29 is 16.5 Å². The number of benzene rings is 4. The van der Waals surface area contributed by atoms with Crippen LogP contribution in [0.15, 0.2) is 97.1 Å². The summed E-state index contributed by atoms with van der Waals surface area (Å²) in [4.78, 5) is 8.32. The van der Waals surface area contributed by atoms with Crippen LogP contribution < -0.4 is 19.6 Å². The average molecular weight is 567 g/mol. The molecule has 0 saturated carbocycles. The van der Waals surface area contributed by atoms with Crippen molar-refractivity contribution in [2.24, 2.45) is 0 Å². The van der Waals surface area contributed by atoms with Gasteiger partial charge in [-0.05, 0) is 24.3 Å². The van der Waals surface area contributed by atoms with E-state index in [0.29, 0.717) is 0 Å². The van der Waals surface area contributed by atoms with E-state index in [9.17, 15) is 0 Å². The minimum absolute atomic E-state index is 0. The Kier molecular flexibility index (Phi) is 12.0. The van der Waals surface area contributed by atoms with Gasteiger partial charge in [0, 0.05) is 79.1 Å². The summed E-state index contributed by atoms with van der Waals surface area (Å²) in [5.41, 5.74) is 8.44. The van der Waals surface area contributed by atoms with E-state index in [1.807, 2.05) is 129 Å². The summed E-state index contributed by atoms with van der Waals surface area (Å²) < 4.78 is 0. The fraction of sp³-hybridized carbons (Fsp3) is 0.250. The maximum absolute atomic E-state index is 4.80. The first-order valence-electron chi connectivity index (χ1n) is 12.7. The molecule has 0 spiro atoms. The first-order chi connectivity index (χ1) is 18.2. The van der Waals surface area contributed by atoms with Crippen LogP contribution in [0.4, 0.5) is 45.5 Å². The van der Waals surface area contributed by atoms with E-state index in [4.69, 9.17) is 10.6 Å². The number of nitrogens with zero attached hydrogens (tertiary/aromatic N) is 6. The van der Waals surface area contributed by atoms with E-state index in [0.717, 1.165) is 45.5 Å². The normalized spacial score (nSPS) is 9.85. The van der Waals surface area contributed by atoms with E-state index in [2.05, 4.69) is 43.9 Å². The number of hydrogen-bond donors (Lipinski definition) is 0. The predicted molar refractivity (Wildman–Crippen MR) is 168 cm³/mol. The molecule has 4 aromatic carbocycles. The van der Waals surface area contributed by atoms with Gasteiger partial charge in [-0.2, -0.15) is 0 Å². The molecule has 0 aliphatic rings. The van der Waals surface area contributed by atoms with Crippen molar-refractivity contribution in [1.82, 2.24) is 0 Å². The second-order valence-corrected chi connectivity index (χ2v) is 9.76. The molecule has 4 aromatic rings. The Morgan fingerprint density at radius 1 is 0.333 bits per heavy atom. The van der Waals surface area contributed by atoms with Crippen LogP contribution in [0.1, 0.15) is 0 Å². The summed E-state index contributed by atoms with van der Waals surface area (Å²) in [6, 6.07) is 32.7. The SMILES string of the molecule is CN(C)c1ccccc1[N-]c1ccccc1N(C)C.CN(C)c1ccccc1[N-]c1ccccc1N(C)C.[Ni+2]. The molecule has 0 radical (unpaired) electrons. The number of rotatable bonds is 8. The third-order valence-electron chi connectivity index (χ3n) is 5.94. The molecule has 0 aromatic heterocycles. The summed E-state index contributed by atoms with van der Waals surface area (Å²) >= 11 is 0. The molecule has 0 amide bonds. The van der Waals surface area contributed by atoms with Gasteiger partial charge in [-0.15, -0.1) is 22.7 Å².